The van der Waals surface area contributed by atoms with Gasteiger partial charge in [-0.2, -0.15) is 21.6 Å². The van der Waals surface area contributed by atoms with Gasteiger partial charge in [0.2, 0.25) is 5.79 Å². The molecule has 0 amide bonds. The van der Waals surface area contributed by atoms with Gasteiger partial charge in [0, 0.05) is 6.42 Å². The second-order valence-electron chi connectivity index (χ2n) is 6.91. The Morgan fingerprint density at radius 1 is 1.11 bits per heavy atom. The molecule has 2 aliphatic rings. The predicted octanol–water partition coefficient (Wildman–Crippen LogP) is 0.302. The molecule has 2 unspecified atom stereocenters. The third kappa shape index (κ3) is 3.85. The normalized spacial score (nSPS) is 27.2. The van der Waals surface area contributed by atoms with Crippen LogP contribution in [0.2, 0.25) is 0 Å². The van der Waals surface area contributed by atoms with Gasteiger partial charge >= 0.3 is 27.3 Å². The van der Waals surface area contributed by atoms with Crippen molar-refractivity contribution >= 4 is 16.1 Å². The Hall–Kier alpha value is -1.06. The lowest BCUT2D eigenvalue weighted by Crippen LogP contribution is -2.62. The average molecular weight is 440 g/mol. The van der Waals surface area contributed by atoms with Gasteiger partial charge in [-0.15, -0.1) is 0 Å². The molecule has 1 spiro atoms. The van der Waals surface area contributed by atoms with Crippen LogP contribution in [0.4, 0.5) is 17.6 Å². The van der Waals surface area contributed by atoms with E-state index in [0.717, 1.165) is 0 Å². The zero-order valence-corrected chi connectivity index (χ0v) is 15.3. The Bertz CT molecular complexity index is 681. The first-order chi connectivity index (χ1) is 12.8. The van der Waals surface area contributed by atoms with E-state index in [1.807, 2.05) is 0 Å². The number of alkyl halides is 4. The van der Waals surface area contributed by atoms with Gasteiger partial charge in [0.15, 0.2) is 6.10 Å². The summed E-state index contributed by atoms with van der Waals surface area (Å²) >= 11 is 0. The minimum absolute atomic E-state index is 0.0229. The fourth-order valence-corrected chi connectivity index (χ4v) is 3.55. The minimum atomic E-state index is -6.55. The van der Waals surface area contributed by atoms with Crippen LogP contribution in [-0.2, 0) is 29.1 Å². The molecule has 14 heteroatoms. The second-order valence-corrected chi connectivity index (χ2v) is 8.43. The van der Waals surface area contributed by atoms with Crippen molar-refractivity contribution in [3.05, 3.63) is 0 Å². The summed E-state index contributed by atoms with van der Waals surface area (Å²) in [5.74, 6) is -4.66. The molecular formula is C14H20F4O9S. The van der Waals surface area contributed by atoms with Crippen LogP contribution in [0.15, 0.2) is 0 Å². The molecule has 2 atom stereocenters. The fourth-order valence-electron chi connectivity index (χ4n) is 3.00. The van der Waals surface area contributed by atoms with Crippen LogP contribution >= 0.6 is 0 Å². The van der Waals surface area contributed by atoms with E-state index >= 15 is 0 Å². The highest BCUT2D eigenvalue weighted by Gasteiger charge is 2.73. The number of aliphatic hydroxyl groups excluding tert-OH is 2. The summed E-state index contributed by atoms with van der Waals surface area (Å²) < 4.78 is 98.9. The van der Waals surface area contributed by atoms with Crippen molar-refractivity contribution in [3.63, 3.8) is 0 Å². The van der Waals surface area contributed by atoms with E-state index in [1.165, 1.54) is 0 Å². The maximum atomic E-state index is 14.2. The van der Waals surface area contributed by atoms with Crippen molar-refractivity contribution in [2.24, 2.45) is 5.41 Å². The van der Waals surface area contributed by atoms with E-state index in [2.05, 4.69) is 4.74 Å². The molecule has 28 heavy (non-hydrogen) atoms. The van der Waals surface area contributed by atoms with Gasteiger partial charge in [-0.1, -0.05) is 0 Å². The first kappa shape index (κ1) is 23.2. The van der Waals surface area contributed by atoms with Gasteiger partial charge in [-0.3, -0.25) is 4.55 Å². The number of hydrogen-bond donors (Lipinski definition) is 3. The lowest BCUT2D eigenvalue weighted by Gasteiger charge is -2.49. The smallest absolute Gasteiger partial charge is 0.451 e. The third-order valence-corrected chi connectivity index (χ3v) is 5.99. The zero-order valence-electron chi connectivity index (χ0n) is 14.4. The van der Waals surface area contributed by atoms with Crippen molar-refractivity contribution in [3.8, 4) is 0 Å². The van der Waals surface area contributed by atoms with E-state index in [9.17, 15) is 41.0 Å². The zero-order chi connectivity index (χ0) is 21.4. The van der Waals surface area contributed by atoms with Crippen LogP contribution < -0.4 is 0 Å². The molecule has 1 saturated carbocycles. The molecule has 1 saturated heterocycles. The van der Waals surface area contributed by atoms with Crippen molar-refractivity contribution < 1.29 is 59.8 Å². The van der Waals surface area contributed by atoms with Gasteiger partial charge < -0.3 is 24.4 Å². The van der Waals surface area contributed by atoms with Crippen molar-refractivity contribution in [2.75, 3.05) is 26.4 Å². The fraction of sp³-hybridized carbons (Fsp3) is 0.929. The van der Waals surface area contributed by atoms with Gasteiger partial charge in [0.05, 0.1) is 31.8 Å². The number of ether oxygens (including phenoxy) is 3. The molecule has 0 bridgehead atoms. The van der Waals surface area contributed by atoms with Crippen LogP contribution in [0.25, 0.3) is 0 Å². The van der Waals surface area contributed by atoms with E-state index in [1.54, 1.807) is 0 Å². The van der Waals surface area contributed by atoms with Crippen molar-refractivity contribution in [1.29, 1.82) is 0 Å². The summed E-state index contributed by atoms with van der Waals surface area (Å²) in [6.07, 6.45) is -7.24. The Kier molecular flexibility index (Phi) is 6.34. The molecule has 2 rings (SSSR count). The summed E-state index contributed by atoms with van der Waals surface area (Å²) in [5.41, 5.74) is -1.19. The molecule has 1 aliphatic heterocycles. The van der Waals surface area contributed by atoms with Crippen LogP contribution in [0.1, 0.15) is 25.7 Å². The van der Waals surface area contributed by atoms with E-state index in [4.69, 9.17) is 14.0 Å². The number of carbonyl (C=O) groups is 1. The molecule has 1 aliphatic carbocycles. The molecule has 1 heterocycles. The van der Waals surface area contributed by atoms with Gasteiger partial charge in [-0.05, 0) is 19.3 Å². The first-order valence-corrected chi connectivity index (χ1v) is 9.64. The summed E-state index contributed by atoms with van der Waals surface area (Å²) in [7, 11) is -6.55. The molecule has 164 valence electrons. The summed E-state index contributed by atoms with van der Waals surface area (Å²) in [6, 6.07) is 0. The number of halogens is 4. The van der Waals surface area contributed by atoms with Gasteiger partial charge in [0.25, 0.3) is 0 Å². The number of rotatable bonds is 5. The summed E-state index contributed by atoms with van der Waals surface area (Å²) in [4.78, 5) is 11.8. The Morgan fingerprint density at radius 2 is 1.64 bits per heavy atom. The molecular weight excluding hydrogens is 420 g/mol. The highest BCUT2D eigenvalue weighted by Crippen LogP contribution is 2.44. The SMILES string of the molecule is O=C(OC1CCCCC12OCC(CO)(CO)CO2)C(F)(C(F)(F)F)S(=O)(=O)O. The average Bonchev–Trinajstić information content (AvgIpc) is 2.62. The standard InChI is InChI=1S/C14H20F4O9S/c15-13(14(16,17)18,28(22,23)24)10(21)27-9-3-1-2-4-12(9)25-7-11(5-19,6-20)8-26-12/h9,19-20H,1-8H2,(H,22,23,24). The molecule has 0 aromatic carbocycles. The first-order valence-electron chi connectivity index (χ1n) is 8.20. The second kappa shape index (κ2) is 7.65. The number of aliphatic hydroxyl groups is 2. The number of hydrogen-bond acceptors (Lipinski definition) is 8. The summed E-state index contributed by atoms with van der Waals surface area (Å²) in [5, 5.41) is 13.0. The number of carbonyl (C=O) groups excluding carboxylic acids is 1. The highest BCUT2D eigenvalue weighted by atomic mass is 32.2. The molecule has 0 aromatic rings. The van der Waals surface area contributed by atoms with Crippen molar-refractivity contribution in [1.82, 2.24) is 0 Å². The molecule has 0 radical (unpaired) electrons. The van der Waals surface area contributed by atoms with Crippen LogP contribution in [-0.4, -0.2) is 78.6 Å². The van der Waals surface area contributed by atoms with Crippen LogP contribution in [0.3, 0.4) is 0 Å². The van der Waals surface area contributed by atoms with Crippen LogP contribution in [0.5, 0.6) is 0 Å². The third-order valence-electron chi connectivity index (χ3n) is 4.88. The van der Waals surface area contributed by atoms with E-state index < -0.39 is 57.8 Å². The van der Waals surface area contributed by atoms with Crippen LogP contribution in [0, 0.1) is 5.41 Å². The maximum Gasteiger partial charge on any atom is 0.451 e. The molecule has 2 fully saturated rings. The topological polar surface area (TPSA) is 140 Å². The van der Waals surface area contributed by atoms with Gasteiger partial charge in [-0.25, -0.2) is 9.18 Å². The summed E-state index contributed by atoms with van der Waals surface area (Å²) in [6.45, 7) is -1.66. The quantitative estimate of drug-likeness (QED) is 0.313. The Balaban J connectivity index is 2.27. The minimum Gasteiger partial charge on any atom is -0.453 e. The molecule has 9 nitrogen and oxygen atoms in total. The van der Waals surface area contributed by atoms with Gasteiger partial charge in [0.1, 0.15) is 0 Å². The maximum absolute atomic E-state index is 14.2. The van der Waals surface area contributed by atoms with E-state index in [-0.39, 0.29) is 26.1 Å². The lowest BCUT2D eigenvalue weighted by atomic mass is 9.86. The van der Waals surface area contributed by atoms with E-state index in [0.29, 0.717) is 12.8 Å². The predicted molar refractivity (Wildman–Crippen MR) is 81.0 cm³/mol. The monoisotopic (exact) mass is 440 g/mol. The largest absolute Gasteiger partial charge is 0.453 e. The lowest BCUT2D eigenvalue weighted by molar-refractivity contribution is -0.355. The highest BCUT2D eigenvalue weighted by molar-refractivity contribution is 7.88. The van der Waals surface area contributed by atoms with Crippen molar-refractivity contribution in [2.45, 2.75) is 48.8 Å². The Morgan fingerprint density at radius 3 is 2.07 bits per heavy atom. The number of esters is 1. The molecule has 0 aromatic heterocycles. The Labute approximate surface area is 157 Å². The molecule has 3 N–H and O–H groups in total.